The van der Waals surface area contributed by atoms with Crippen molar-refractivity contribution in [1.82, 2.24) is 0 Å². The van der Waals surface area contributed by atoms with Gasteiger partial charge in [0.05, 0.1) is 15.6 Å². The number of unbranched alkanes of at least 4 members (excludes halogenated alkanes) is 8. The summed E-state index contributed by atoms with van der Waals surface area (Å²) in [5.74, 6) is -0.346. The van der Waals surface area contributed by atoms with Crippen molar-refractivity contribution in [3.05, 3.63) is 52.0 Å². The quantitative estimate of drug-likeness (QED) is 0.233. The number of rotatable bonds is 13. The van der Waals surface area contributed by atoms with Gasteiger partial charge in [0, 0.05) is 5.02 Å². The summed E-state index contributed by atoms with van der Waals surface area (Å²) in [5, 5.41) is 10.3. The second kappa shape index (κ2) is 12.4. The first kappa shape index (κ1) is 24.8. The van der Waals surface area contributed by atoms with Crippen molar-refractivity contribution in [2.75, 3.05) is 4.72 Å². The van der Waals surface area contributed by atoms with Crippen LogP contribution in [0.4, 0.5) is 5.69 Å². The summed E-state index contributed by atoms with van der Waals surface area (Å²) in [5.41, 5.74) is 0.728. The van der Waals surface area contributed by atoms with Crippen LogP contribution in [0, 0.1) is 0 Å². The van der Waals surface area contributed by atoms with E-state index in [1.54, 1.807) is 12.1 Å². The predicted octanol–water partition coefficient (Wildman–Crippen LogP) is 7.57. The van der Waals surface area contributed by atoms with E-state index in [1.165, 1.54) is 57.1 Å². The molecule has 0 fully saturated rings. The molecule has 2 N–H and O–H groups in total. The molecule has 0 spiro atoms. The third-order valence-electron chi connectivity index (χ3n) is 5.08. The molecule has 7 heteroatoms. The van der Waals surface area contributed by atoms with E-state index in [0.29, 0.717) is 6.42 Å². The van der Waals surface area contributed by atoms with Crippen molar-refractivity contribution in [3.8, 4) is 5.75 Å². The fourth-order valence-electron chi connectivity index (χ4n) is 3.44. The average Bonchev–Trinajstić information content (AvgIpc) is 2.70. The van der Waals surface area contributed by atoms with Crippen LogP contribution in [0.5, 0.6) is 5.75 Å². The molecule has 2 aromatic rings. The van der Waals surface area contributed by atoms with E-state index in [-0.39, 0.29) is 26.4 Å². The Bertz CT molecular complexity index is 917. The average molecular weight is 472 g/mol. The maximum absolute atomic E-state index is 12.9. The van der Waals surface area contributed by atoms with Crippen molar-refractivity contribution in [3.63, 3.8) is 0 Å². The van der Waals surface area contributed by atoms with Crippen LogP contribution < -0.4 is 4.72 Å². The highest BCUT2D eigenvalue weighted by Gasteiger charge is 2.20. The topological polar surface area (TPSA) is 66.4 Å². The summed E-state index contributed by atoms with van der Waals surface area (Å²) >= 11 is 11.8. The number of aryl methyl sites for hydroxylation is 1. The van der Waals surface area contributed by atoms with Gasteiger partial charge >= 0.3 is 0 Å². The first-order valence-corrected chi connectivity index (χ1v) is 12.9. The molecule has 0 heterocycles. The molecule has 2 aromatic carbocycles. The van der Waals surface area contributed by atoms with Crippen molar-refractivity contribution in [2.45, 2.75) is 76.0 Å². The standard InChI is InChI=1S/C23H31Cl2NO3S/c1-2-3-4-5-6-7-8-9-10-13-18-14-11-12-15-22(18)30(28,29)26-21-17-19(24)16-20(25)23(21)27/h11-12,14-17,26-27H,2-10,13H2,1H3. The van der Waals surface area contributed by atoms with Gasteiger partial charge in [0.1, 0.15) is 0 Å². The van der Waals surface area contributed by atoms with Crippen LogP contribution in [0.1, 0.15) is 70.3 Å². The molecular formula is C23H31Cl2NO3S. The molecule has 0 unspecified atom stereocenters. The lowest BCUT2D eigenvalue weighted by atomic mass is 10.0. The Hall–Kier alpha value is -1.43. The van der Waals surface area contributed by atoms with Crippen LogP contribution in [0.2, 0.25) is 10.0 Å². The molecule has 0 radical (unpaired) electrons. The number of hydrogen-bond donors (Lipinski definition) is 2. The third kappa shape index (κ3) is 7.68. The minimum atomic E-state index is -3.89. The van der Waals surface area contributed by atoms with Gasteiger partial charge in [-0.2, -0.15) is 0 Å². The molecule has 166 valence electrons. The van der Waals surface area contributed by atoms with Crippen LogP contribution in [0.3, 0.4) is 0 Å². The van der Waals surface area contributed by atoms with Crippen LogP contribution >= 0.6 is 23.2 Å². The van der Waals surface area contributed by atoms with Gasteiger partial charge in [-0.1, -0.05) is 99.7 Å². The number of aromatic hydroxyl groups is 1. The highest BCUT2D eigenvalue weighted by Crippen LogP contribution is 2.36. The van der Waals surface area contributed by atoms with Crippen LogP contribution in [-0.4, -0.2) is 13.5 Å². The minimum Gasteiger partial charge on any atom is -0.504 e. The van der Waals surface area contributed by atoms with Gasteiger partial charge < -0.3 is 5.11 Å². The van der Waals surface area contributed by atoms with Crippen molar-refractivity contribution >= 4 is 38.9 Å². The summed E-state index contributed by atoms with van der Waals surface area (Å²) < 4.78 is 28.3. The molecule has 0 saturated carbocycles. The normalized spacial score (nSPS) is 11.6. The van der Waals surface area contributed by atoms with E-state index < -0.39 is 10.0 Å². The number of phenolic OH excluding ortho intramolecular Hbond substituents is 1. The van der Waals surface area contributed by atoms with Gasteiger partial charge in [-0.3, -0.25) is 4.72 Å². The van der Waals surface area contributed by atoms with Crippen LogP contribution in [-0.2, 0) is 16.4 Å². The van der Waals surface area contributed by atoms with Crippen molar-refractivity contribution in [1.29, 1.82) is 0 Å². The highest BCUT2D eigenvalue weighted by atomic mass is 35.5. The minimum absolute atomic E-state index is 0.0109. The van der Waals surface area contributed by atoms with Gasteiger partial charge in [0.15, 0.2) is 5.75 Å². The fraction of sp³-hybridized carbons (Fsp3) is 0.478. The van der Waals surface area contributed by atoms with Crippen LogP contribution in [0.25, 0.3) is 0 Å². The van der Waals surface area contributed by atoms with E-state index in [2.05, 4.69) is 11.6 Å². The van der Waals surface area contributed by atoms with Crippen molar-refractivity contribution < 1.29 is 13.5 Å². The molecule has 0 aliphatic rings. The zero-order valence-corrected chi connectivity index (χ0v) is 19.8. The second-order valence-corrected chi connectivity index (χ2v) is 10.1. The summed E-state index contributed by atoms with van der Waals surface area (Å²) in [6, 6.07) is 9.64. The SMILES string of the molecule is CCCCCCCCCCCc1ccccc1S(=O)(=O)Nc1cc(Cl)cc(Cl)c1O. The third-order valence-corrected chi connectivity index (χ3v) is 7.06. The van der Waals surface area contributed by atoms with Gasteiger partial charge in [-0.15, -0.1) is 0 Å². The maximum atomic E-state index is 12.9. The Morgan fingerprint density at radius 3 is 2.17 bits per heavy atom. The van der Waals surface area contributed by atoms with Gasteiger partial charge in [-0.05, 0) is 36.6 Å². The molecule has 0 bridgehead atoms. The Labute approximate surface area is 190 Å². The van der Waals surface area contributed by atoms with Crippen molar-refractivity contribution in [2.24, 2.45) is 0 Å². The number of benzene rings is 2. The van der Waals surface area contributed by atoms with E-state index in [4.69, 9.17) is 23.2 Å². The fourth-order valence-corrected chi connectivity index (χ4v) is 5.26. The summed E-state index contributed by atoms with van der Waals surface area (Å²) in [6.45, 7) is 2.22. The smallest absolute Gasteiger partial charge is 0.262 e. The van der Waals surface area contributed by atoms with Crippen LogP contribution in [0.15, 0.2) is 41.3 Å². The number of sulfonamides is 1. The Morgan fingerprint density at radius 2 is 1.50 bits per heavy atom. The molecule has 0 amide bonds. The van der Waals surface area contributed by atoms with E-state index in [0.717, 1.165) is 18.4 Å². The zero-order chi connectivity index (χ0) is 22.0. The first-order chi connectivity index (χ1) is 14.3. The molecule has 0 aliphatic heterocycles. The molecule has 0 aliphatic carbocycles. The lowest BCUT2D eigenvalue weighted by molar-refractivity contribution is 0.478. The summed E-state index contributed by atoms with van der Waals surface area (Å²) in [4.78, 5) is 0.208. The lowest BCUT2D eigenvalue weighted by Crippen LogP contribution is -2.15. The molecule has 2 rings (SSSR count). The molecule has 4 nitrogen and oxygen atoms in total. The number of phenols is 1. The Morgan fingerprint density at radius 1 is 0.900 bits per heavy atom. The van der Waals surface area contributed by atoms with Gasteiger partial charge in [0.2, 0.25) is 0 Å². The number of halogens is 2. The zero-order valence-electron chi connectivity index (χ0n) is 17.5. The van der Waals surface area contributed by atoms with E-state index >= 15 is 0 Å². The first-order valence-electron chi connectivity index (χ1n) is 10.6. The molecule has 30 heavy (non-hydrogen) atoms. The summed E-state index contributed by atoms with van der Waals surface area (Å²) in [6.07, 6.45) is 11.6. The molecule has 0 saturated heterocycles. The molecular weight excluding hydrogens is 441 g/mol. The Kier molecular flexibility index (Phi) is 10.3. The Balaban J connectivity index is 1.95. The second-order valence-electron chi connectivity index (χ2n) is 7.58. The number of anilines is 1. The van der Waals surface area contributed by atoms with Gasteiger partial charge in [-0.25, -0.2) is 8.42 Å². The molecule has 0 aromatic heterocycles. The van der Waals surface area contributed by atoms with E-state index in [1.807, 2.05) is 12.1 Å². The maximum Gasteiger partial charge on any atom is 0.262 e. The number of nitrogens with one attached hydrogen (secondary N) is 1. The van der Waals surface area contributed by atoms with Gasteiger partial charge in [0.25, 0.3) is 10.0 Å². The predicted molar refractivity (Wildman–Crippen MR) is 126 cm³/mol. The monoisotopic (exact) mass is 471 g/mol. The molecule has 0 atom stereocenters. The van der Waals surface area contributed by atoms with E-state index in [9.17, 15) is 13.5 Å². The lowest BCUT2D eigenvalue weighted by Gasteiger charge is -2.14. The largest absolute Gasteiger partial charge is 0.504 e. The number of hydrogen-bond acceptors (Lipinski definition) is 3. The summed E-state index contributed by atoms with van der Waals surface area (Å²) in [7, 11) is -3.89. The highest BCUT2D eigenvalue weighted by molar-refractivity contribution is 7.92.